The van der Waals surface area contributed by atoms with Gasteiger partial charge in [0, 0.05) is 6.54 Å². The highest BCUT2D eigenvalue weighted by Gasteiger charge is 2.19. The minimum Gasteiger partial charge on any atom is -0.495 e. The van der Waals surface area contributed by atoms with Crippen molar-refractivity contribution in [1.29, 1.82) is 0 Å². The monoisotopic (exact) mass is 346 g/mol. The van der Waals surface area contributed by atoms with E-state index in [0.29, 0.717) is 23.2 Å². The lowest BCUT2D eigenvalue weighted by atomic mass is 9.94. The van der Waals surface area contributed by atoms with E-state index in [9.17, 15) is 8.42 Å². The van der Waals surface area contributed by atoms with Crippen LogP contribution in [0.2, 0.25) is 5.02 Å². The molecule has 0 aliphatic carbocycles. The largest absolute Gasteiger partial charge is 0.495 e. The average Bonchev–Trinajstić information content (AvgIpc) is 2.49. The minimum atomic E-state index is -3.52. The fraction of sp³-hybridized carbons (Fsp3) is 0.600. The van der Waals surface area contributed by atoms with Gasteiger partial charge in [-0.25, -0.2) is 13.1 Å². The molecule has 1 aliphatic rings. The molecule has 0 atom stereocenters. The molecule has 1 aromatic carbocycles. The third-order valence-electron chi connectivity index (χ3n) is 4.12. The van der Waals surface area contributed by atoms with E-state index < -0.39 is 10.0 Å². The fourth-order valence-electron chi connectivity index (χ4n) is 2.65. The van der Waals surface area contributed by atoms with Crippen molar-refractivity contribution in [2.24, 2.45) is 5.92 Å². The quantitative estimate of drug-likeness (QED) is 0.859. The molecule has 0 unspecified atom stereocenters. The molecule has 1 aromatic rings. The molecule has 1 aliphatic heterocycles. The number of benzene rings is 1. The van der Waals surface area contributed by atoms with E-state index >= 15 is 0 Å². The van der Waals surface area contributed by atoms with Gasteiger partial charge in [-0.3, -0.25) is 0 Å². The molecule has 0 radical (unpaired) electrons. The minimum absolute atomic E-state index is 0.168. The summed E-state index contributed by atoms with van der Waals surface area (Å²) in [5.74, 6) is 1.06. The van der Waals surface area contributed by atoms with Crippen LogP contribution < -0.4 is 9.46 Å². The number of likely N-dealkylation sites (tertiary alicyclic amines) is 1. The lowest BCUT2D eigenvalue weighted by Crippen LogP contribution is -2.32. The Balaban J connectivity index is 1.89. The van der Waals surface area contributed by atoms with Gasteiger partial charge >= 0.3 is 0 Å². The molecular formula is C15H23ClN2O3S. The van der Waals surface area contributed by atoms with E-state index in [1.54, 1.807) is 6.07 Å². The number of hydrogen-bond donors (Lipinski definition) is 1. The summed E-state index contributed by atoms with van der Waals surface area (Å²) in [5, 5.41) is 0.292. The van der Waals surface area contributed by atoms with E-state index in [4.69, 9.17) is 16.3 Å². The number of methoxy groups -OCH3 is 1. The summed E-state index contributed by atoms with van der Waals surface area (Å²) in [4.78, 5) is 2.47. The highest BCUT2D eigenvalue weighted by molar-refractivity contribution is 7.89. The number of piperidine rings is 1. The first-order chi connectivity index (χ1) is 10.4. The summed E-state index contributed by atoms with van der Waals surface area (Å²) in [6, 6.07) is 4.48. The van der Waals surface area contributed by atoms with Gasteiger partial charge in [0.25, 0.3) is 0 Å². The molecule has 0 saturated carbocycles. The van der Waals surface area contributed by atoms with Gasteiger partial charge < -0.3 is 9.64 Å². The Hall–Kier alpha value is -0.820. The van der Waals surface area contributed by atoms with E-state index in [2.05, 4.69) is 16.7 Å². The molecule has 0 amide bonds. The molecular weight excluding hydrogens is 324 g/mol. The third kappa shape index (κ3) is 4.59. The number of sulfonamides is 1. The highest BCUT2D eigenvalue weighted by Crippen LogP contribution is 2.27. The van der Waals surface area contributed by atoms with Crippen LogP contribution in [0.4, 0.5) is 0 Å². The second kappa shape index (κ2) is 7.64. The van der Waals surface area contributed by atoms with Gasteiger partial charge in [-0.2, -0.15) is 0 Å². The van der Waals surface area contributed by atoms with Crippen LogP contribution >= 0.6 is 11.6 Å². The number of nitrogens with one attached hydrogen (secondary N) is 1. The molecule has 1 saturated heterocycles. The van der Waals surface area contributed by atoms with Crippen LogP contribution in [0, 0.1) is 5.92 Å². The first-order valence-electron chi connectivity index (χ1n) is 7.44. The maximum atomic E-state index is 12.3. The standard InChI is InChI=1S/C15H23ClN2O3S/c1-18-9-6-12(7-10-18)5-8-17-22(19,20)13-3-4-15(21-2)14(16)11-13/h3-4,11-12,17H,5-10H2,1-2H3. The third-order valence-corrected chi connectivity index (χ3v) is 5.87. The van der Waals surface area contributed by atoms with Crippen LogP contribution in [0.1, 0.15) is 19.3 Å². The molecule has 124 valence electrons. The maximum Gasteiger partial charge on any atom is 0.240 e. The second-order valence-corrected chi connectivity index (χ2v) is 7.90. The van der Waals surface area contributed by atoms with Crippen molar-refractivity contribution in [2.75, 3.05) is 33.8 Å². The summed E-state index contributed by atoms with van der Waals surface area (Å²) in [5.41, 5.74) is 0. The lowest BCUT2D eigenvalue weighted by Gasteiger charge is -2.28. The molecule has 2 rings (SSSR count). The number of nitrogens with zero attached hydrogens (tertiary/aromatic N) is 1. The molecule has 22 heavy (non-hydrogen) atoms. The normalized spacial score (nSPS) is 17.6. The summed E-state index contributed by atoms with van der Waals surface area (Å²) in [6.07, 6.45) is 3.14. The van der Waals surface area contributed by atoms with E-state index in [1.165, 1.54) is 19.2 Å². The molecule has 0 spiro atoms. The first kappa shape index (κ1) is 17.5. The van der Waals surface area contributed by atoms with E-state index in [0.717, 1.165) is 32.4 Å². The SMILES string of the molecule is COc1ccc(S(=O)(=O)NCCC2CCN(C)CC2)cc1Cl. The summed E-state index contributed by atoms with van der Waals surface area (Å²) in [6.45, 7) is 2.64. The Kier molecular flexibility index (Phi) is 6.09. The van der Waals surface area contributed by atoms with Gasteiger partial charge in [0.05, 0.1) is 17.0 Å². The summed E-state index contributed by atoms with van der Waals surface area (Å²) >= 11 is 5.98. The van der Waals surface area contributed by atoms with E-state index in [1.807, 2.05) is 0 Å². The molecule has 5 nitrogen and oxygen atoms in total. The van der Waals surface area contributed by atoms with Crippen LogP contribution in [0.3, 0.4) is 0 Å². The Morgan fingerprint density at radius 1 is 1.36 bits per heavy atom. The van der Waals surface area contributed by atoms with Crippen LogP contribution in [-0.2, 0) is 10.0 Å². The first-order valence-corrected chi connectivity index (χ1v) is 9.30. The van der Waals surface area contributed by atoms with Crippen LogP contribution in [0.15, 0.2) is 23.1 Å². The number of halogens is 1. The van der Waals surface area contributed by atoms with Crippen LogP contribution in [-0.4, -0.2) is 47.1 Å². The Labute approximate surface area is 137 Å². The fourth-order valence-corrected chi connectivity index (χ4v) is 4.04. The predicted molar refractivity (Wildman–Crippen MR) is 88.0 cm³/mol. The molecule has 0 bridgehead atoms. The zero-order chi connectivity index (χ0) is 16.2. The van der Waals surface area contributed by atoms with Crippen molar-refractivity contribution in [3.8, 4) is 5.75 Å². The van der Waals surface area contributed by atoms with Crippen molar-refractivity contribution < 1.29 is 13.2 Å². The smallest absolute Gasteiger partial charge is 0.240 e. The van der Waals surface area contributed by atoms with Gasteiger partial charge in [-0.15, -0.1) is 0 Å². The Morgan fingerprint density at radius 2 is 2.05 bits per heavy atom. The molecule has 1 N–H and O–H groups in total. The van der Waals surface area contributed by atoms with Crippen LogP contribution in [0.5, 0.6) is 5.75 Å². The van der Waals surface area contributed by atoms with Crippen molar-refractivity contribution in [1.82, 2.24) is 9.62 Å². The Morgan fingerprint density at radius 3 is 2.64 bits per heavy atom. The Bertz CT molecular complexity index is 599. The second-order valence-electron chi connectivity index (χ2n) is 5.73. The van der Waals surface area contributed by atoms with Crippen molar-refractivity contribution in [3.05, 3.63) is 23.2 Å². The molecule has 1 fully saturated rings. The van der Waals surface area contributed by atoms with Crippen molar-refractivity contribution in [3.63, 3.8) is 0 Å². The highest BCUT2D eigenvalue weighted by atomic mass is 35.5. The molecule has 1 heterocycles. The topological polar surface area (TPSA) is 58.6 Å². The van der Waals surface area contributed by atoms with Gasteiger partial charge in [0.2, 0.25) is 10.0 Å². The lowest BCUT2D eigenvalue weighted by molar-refractivity contribution is 0.213. The zero-order valence-corrected chi connectivity index (χ0v) is 14.6. The number of rotatable bonds is 6. The van der Waals surface area contributed by atoms with Crippen molar-refractivity contribution in [2.45, 2.75) is 24.2 Å². The van der Waals surface area contributed by atoms with Crippen LogP contribution in [0.25, 0.3) is 0 Å². The van der Waals surface area contributed by atoms with Crippen molar-refractivity contribution >= 4 is 21.6 Å². The number of hydrogen-bond acceptors (Lipinski definition) is 4. The summed E-state index contributed by atoms with van der Waals surface area (Å²) < 4.78 is 32.2. The number of ether oxygens (including phenoxy) is 1. The average molecular weight is 347 g/mol. The summed E-state index contributed by atoms with van der Waals surface area (Å²) in [7, 11) is 0.0929. The maximum absolute atomic E-state index is 12.3. The van der Waals surface area contributed by atoms with E-state index in [-0.39, 0.29) is 4.90 Å². The predicted octanol–water partition coefficient (Wildman–Crippen LogP) is 2.36. The zero-order valence-electron chi connectivity index (χ0n) is 13.0. The molecule has 0 aromatic heterocycles. The van der Waals surface area contributed by atoms with Gasteiger partial charge in [0.15, 0.2) is 0 Å². The van der Waals surface area contributed by atoms with Gasteiger partial charge in [-0.05, 0) is 63.5 Å². The van der Waals surface area contributed by atoms with Gasteiger partial charge in [0.1, 0.15) is 5.75 Å². The van der Waals surface area contributed by atoms with Gasteiger partial charge in [-0.1, -0.05) is 11.6 Å². The molecule has 7 heteroatoms.